The van der Waals surface area contributed by atoms with Crippen molar-refractivity contribution >= 4 is 11.9 Å². The Balaban J connectivity index is 0. The zero-order chi connectivity index (χ0) is 13.5. The molecule has 0 radical (unpaired) electrons. The molecule has 0 unspecified atom stereocenters. The van der Waals surface area contributed by atoms with E-state index in [2.05, 4.69) is 22.6 Å². The van der Waals surface area contributed by atoms with Crippen molar-refractivity contribution in [1.82, 2.24) is 0 Å². The van der Waals surface area contributed by atoms with Gasteiger partial charge in [0.2, 0.25) is 0 Å². The van der Waals surface area contributed by atoms with E-state index < -0.39 is 11.9 Å². The first-order valence-electron chi connectivity index (χ1n) is 4.68. The number of aliphatic hydroxyl groups is 1. The van der Waals surface area contributed by atoms with E-state index in [1.54, 1.807) is 0 Å². The van der Waals surface area contributed by atoms with E-state index >= 15 is 0 Å². The summed E-state index contributed by atoms with van der Waals surface area (Å²) in [5.41, 5.74) is 0. The van der Waals surface area contributed by atoms with Crippen molar-refractivity contribution in [2.24, 2.45) is 0 Å². The lowest BCUT2D eigenvalue weighted by atomic mass is 10.5. The van der Waals surface area contributed by atoms with Crippen molar-refractivity contribution in [2.75, 3.05) is 19.8 Å². The van der Waals surface area contributed by atoms with Gasteiger partial charge in [-0.05, 0) is 0 Å². The molecule has 0 aliphatic heterocycles. The van der Waals surface area contributed by atoms with Crippen LogP contribution < -0.4 is 0 Å². The van der Waals surface area contributed by atoms with Crippen LogP contribution >= 0.6 is 0 Å². The third kappa shape index (κ3) is 16.5. The molecule has 0 heterocycles. The molecule has 0 aromatic carbocycles. The number of hydrogen-bond donors (Lipinski definition) is 1. The smallest absolute Gasteiger partial charge is 0.330 e. The van der Waals surface area contributed by atoms with Crippen LogP contribution in [0.1, 0.15) is 6.42 Å². The maximum atomic E-state index is 10.2. The molecule has 0 bridgehead atoms. The average Bonchev–Trinajstić information content (AvgIpc) is 2.36. The van der Waals surface area contributed by atoms with Gasteiger partial charge in [-0.25, -0.2) is 9.59 Å². The summed E-state index contributed by atoms with van der Waals surface area (Å²) in [6, 6.07) is 1.84. The topological polar surface area (TPSA) is 96.6 Å². The zero-order valence-corrected chi connectivity index (χ0v) is 9.42. The van der Waals surface area contributed by atoms with Crippen LogP contribution in [-0.2, 0) is 19.1 Å². The van der Waals surface area contributed by atoms with Crippen molar-refractivity contribution in [1.29, 1.82) is 5.26 Å². The highest BCUT2D eigenvalue weighted by molar-refractivity contribution is 5.81. The molecule has 94 valence electrons. The quantitative estimate of drug-likeness (QED) is 0.409. The van der Waals surface area contributed by atoms with Crippen LogP contribution in [0.15, 0.2) is 25.3 Å². The molecule has 0 fully saturated rings. The average molecular weight is 241 g/mol. The van der Waals surface area contributed by atoms with Gasteiger partial charge in [-0.2, -0.15) is 5.26 Å². The van der Waals surface area contributed by atoms with Gasteiger partial charge >= 0.3 is 11.9 Å². The van der Waals surface area contributed by atoms with Crippen molar-refractivity contribution in [3.63, 3.8) is 0 Å². The van der Waals surface area contributed by atoms with Crippen LogP contribution in [0.5, 0.6) is 0 Å². The Bertz CT molecular complexity index is 293. The standard InChI is InChI=1S/C6H7NO2.C5H8O3/c1-2-6(8)9-5-3-4-7;1-2-5(7)8-4-3-6/h2H,1,3,5H2;2,6H,1,3-4H2. The van der Waals surface area contributed by atoms with E-state index in [0.717, 1.165) is 12.2 Å². The highest BCUT2D eigenvalue weighted by atomic mass is 16.5. The molecular formula is C11H15NO5. The number of nitriles is 1. The Kier molecular flexibility index (Phi) is 14.1. The normalized spacial score (nSPS) is 7.76. The van der Waals surface area contributed by atoms with Gasteiger partial charge in [0, 0.05) is 12.2 Å². The van der Waals surface area contributed by atoms with Gasteiger partial charge in [-0.15, -0.1) is 0 Å². The van der Waals surface area contributed by atoms with Crippen LogP contribution in [0, 0.1) is 11.3 Å². The van der Waals surface area contributed by atoms with Gasteiger partial charge in [-0.1, -0.05) is 13.2 Å². The number of carbonyl (C=O) groups excluding carboxylic acids is 2. The second-order valence-corrected chi connectivity index (χ2v) is 2.37. The molecular weight excluding hydrogens is 226 g/mol. The molecule has 1 N–H and O–H groups in total. The maximum absolute atomic E-state index is 10.2. The summed E-state index contributed by atoms with van der Waals surface area (Å²) in [6.45, 7) is 6.40. The molecule has 0 saturated heterocycles. The van der Waals surface area contributed by atoms with Crippen LogP contribution in [-0.4, -0.2) is 36.9 Å². The third-order valence-corrected chi connectivity index (χ3v) is 1.13. The van der Waals surface area contributed by atoms with Crippen LogP contribution in [0.25, 0.3) is 0 Å². The number of esters is 2. The summed E-state index contributed by atoms with van der Waals surface area (Å²) in [6.07, 6.45) is 2.35. The molecule has 17 heavy (non-hydrogen) atoms. The van der Waals surface area contributed by atoms with Crippen molar-refractivity contribution in [2.45, 2.75) is 6.42 Å². The minimum Gasteiger partial charge on any atom is -0.461 e. The first-order valence-corrected chi connectivity index (χ1v) is 4.68. The molecule has 0 amide bonds. The fourth-order valence-corrected chi connectivity index (χ4v) is 0.461. The summed E-state index contributed by atoms with van der Waals surface area (Å²) >= 11 is 0. The number of nitrogens with zero attached hydrogens (tertiary/aromatic N) is 1. The lowest BCUT2D eigenvalue weighted by molar-refractivity contribution is -0.139. The monoisotopic (exact) mass is 241 g/mol. The predicted molar refractivity (Wildman–Crippen MR) is 59.6 cm³/mol. The molecule has 0 aromatic rings. The Hall–Kier alpha value is -2.13. The number of aliphatic hydroxyl groups excluding tert-OH is 1. The molecule has 0 aliphatic rings. The van der Waals surface area contributed by atoms with Gasteiger partial charge < -0.3 is 14.6 Å². The molecule has 0 rings (SSSR count). The molecule has 0 aliphatic carbocycles. The zero-order valence-electron chi connectivity index (χ0n) is 9.42. The first kappa shape index (κ1) is 17.3. The van der Waals surface area contributed by atoms with E-state index in [-0.39, 0.29) is 26.2 Å². The van der Waals surface area contributed by atoms with E-state index in [1.165, 1.54) is 0 Å². The van der Waals surface area contributed by atoms with E-state index in [4.69, 9.17) is 10.4 Å². The first-order chi connectivity index (χ1) is 8.12. The van der Waals surface area contributed by atoms with Crippen LogP contribution in [0.3, 0.4) is 0 Å². The van der Waals surface area contributed by atoms with E-state index in [9.17, 15) is 9.59 Å². The number of ether oxygens (including phenoxy) is 2. The van der Waals surface area contributed by atoms with E-state index in [0.29, 0.717) is 0 Å². The fourth-order valence-electron chi connectivity index (χ4n) is 0.461. The molecule has 6 heteroatoms. The lowest BCUT2D eigenvalue weighted by Gasteiger charge is -1.94. The Morgan fingerprint density at radius 3 is 2.00 bits per heavy atom. The molecule has 0 saturated carbocycles. The van der Waals surface area contributed by atoms with Gasteiger partial charge in [0.1, 0.15) is 13.2 Å². The van der Waals surface area contributed by atoms with Crippen molar-refractivity contribution in [3.05, 3.63) is 25.3 Å². The Morgan fingerprint density at radius 2 is 1.65 bits per heavy atom. The summed E-state index contributed by atoms with van der Waals surface area (Å²) < 4.78 is 8.79. The van der Waals surface area contributed by atoms with Gasteiger partial charge in [0.05, 0.1) is 19.1 Å². The second kappa shape index (κ2) is 13.9. The fraction of sp³-hybridized carbons (Fsp3) is 0.364. The molecule has 0 spiro atoms. The number of rotatable bonds is 6. The number of carbonyl (C=O) groups is 2. The summed E-state index contributed by atoms with van der Waals surface area (Å²) in [4.78, 5) is 20.4. The van der Waals surface area contributed by atoms with Crippen LogP contribution in [0.4, 0.5) is 0 Å². The largest absolute Gasteiger partial charge is 0.461 e. The summed E-state index contributed by atoms with van der Waals surface area (Å²) in [5, 5.41) is 16.1. The summed E-state index contributed by atoms with van der Waals surface area (Å²) in [7, 11) is 0. The van der Waals surface area contributed by atoms with Crippen molar-refractivity contribution < 1.29 is 24.2 Å². The molecule has 0 aromatic heterocycles. The molecule has 0 atom stereocenters. The van der Waals surface area contributed by atoms with Gasteiger partial charge in [0.25, 0.3) is 0 Å². The Labute approximate surface area is 99.8 Å². The minimum atomic E-state index is -0.501. The van der Waals surface area contributed by atoms with Crippen LogP contribution in [0.2, 0.25) is 0 Å². The second-order valence-electron chi connectivity index (χ2n) is 2.37. The predicted octanol–water partition coefficient (Wildman–Crippen LogP) is 0.337. The summed E-state index contributed by atoms with van der Waals surface area (Å²) in [5.74, 6) is -0.982. The van der Waals surface area contributed by atoms with E-state index in [1.807, 2.05) is 6.07 Å². The van der Waals surface area contributed by atoms with Crippen molar-refractivity contribution in [3.8, 4) is 6.07 Å². The maximum Gasteiger partial charge on any atom is 0.330 e. The molecule has 6 nitrogen and oxygen atoms in total. The third-order valence-electron chi connectivity index (χ3n) is 1.13. The van der Waals surface area contributed by atoms with Gasteiger partial charge in [0.15, 0.2) is 0 Å². The SMILES string of the molecule is C=CC(=O)OCCC#N.C=CC(=O)OCCO. The number of hydrogen-bond acceptors (Lipinski definition) is 6. The lowest BCUT2D eigenvalue weighted by Crippen LogP contribution is -2.04. The highest BCUT2D eigenvalue weighted by Gasteiger charge is 1.91. The minimum absolute atomic E-state index is 0.0465. The van der Waals surface area contributed by atoms with Gasteiger partial charge in [-0.3, -0.25) is 0 Å². The highest BCUT2D eigenvalue weighted by Crippen LogP contribution is 1.81. The Morgan fingerprint density at radius 1 is 1.18 bits per heavy atom.